The molecule has 2 rings (SSSR count). The van der Waals surface area contributed by atoms with Crippen molar-refractivity contribution in [2.45, 2.75) is 32.7 Å². The van der Waals surface area contributed by atoms with Gasteiger partial charge in [-0.25, -0.2) is 0 Å². The molecule has 0 radical (unpaired) electrons. The molecule has 2 nitrogen and oxygen atoms in total. The summed E-state index contributed by atoms with van der Waals surface area (Å²) in [6.07, 6.45) is 2.25. The number of benzene rings is 2. The Morgan fingerprint density at radius 3 is 2.60 bits per heavy atom. The molecule has 0 bridgehead atoms. The summed E-state index contributed by atoms with van der Waals surface area (Å²) in [6.45, 7) is 4.55. The Kier molecular flexibility index (Phi) is 5.02. The molecule has 2 aromatic carbocycles. The zero-order chi connectivity index (χ0) is 14.5. The molecule has 2 aromatic rings. The Morgan fingerprint density at radius 1 is 1.15 bits per heavy atom. The molecule has 0 aromatic heterocycles. The minimum Gasteiger partial charge on any atom is -0.497 e. The highest BCUT2D eigenvalue weighted by atomic mass is 16.5. The largest absolute Gasteiger partial charge is 0.497 e. The molecule has 0 heterocycles. The molecule has 0 aliphatic carbocycles. The fourth-order valence-electron chi connectivity index (χ4n) is 2.76. The van der Waals surface area contributed by atoms with Crippen molar-refractivity contribution >= 4 is 10.8 Å². The molecule has 20 heavy (non-hydrogen) atoms. The van der Waals surface area contributed by atoms with Crippen LogP contribution in [-0.4, -0.2) is 20.2 Å². The number of likely N-dealkylation sites (N-methyl/N-ethyl adjacent to an activating group) is 1. The van der Waals surface area contributed by atoms with Crippen molar-refractivity contribution in [3.63, 3.8) is 0 Å². The monoisotopic (exact) mass is 271 g/mol. The lowest BCUT2D eigenvalue weighted by Gasteiger charge is -2.19. The maximum absolute atomic E-state index is 5.36. The van der Waals surface area contributed by atoms with E-state index in [1.807, 2.05) is 6.07 Å². The normalized spacial score (nSPS) is 12.8. The van der Waals surface area contributed by atoms with Gasteiger partial charge in [0.15, 0.2) is 0 Å². The van der Waals surface area contributed by atoms with E-state index in [1.54, 1.807) is 7.11 Å². The third-order valence-electron chi connectivity index (χ3n) is 3.81. The van der Waals surface area contributed by atoms with E-state index >= 15 is 0 Å². The molecule has 1 unspecified atom stereocenters. The summed E-state index contributed by atoms with van der Waals surface area (Å²) in [5.41, 5.74) is 1.39. The average Bonchev–Trinajstić information content (AvgIpc) is 2.45. The first-order valence-electron chi connectivity index (χ1n) is 7.37. The highest BCUT2D eigenvalue weighted by Crippen LogP contribution is 2.25. The fraction of sp³-hybridized carbons (Fsp3) is 0.444. The van der Waals surface area contributed by atoms with Crippen molar-refractivity contribution in [1.29, 1.82) is 0 Å². The van der Waals surface area contributed by atoms with E-state index in [9.17, 15) is 0 Å². The lowest BCUT2D eigenvalue weighted by molar-refractivity contribution is 0.415. The third kappa shape index (κ3) is 3.51. The van der Waals surface area contributed by atoms with Crippen LogP contribution in [0.15, 0.2) is 36.4 Å². The molecule has 0 aliphatic heterocycles. The van der Waals surface area contributed by atoms with E-state index in [-0.39, 0.29) is 0 Å². The van der Waals surface area contributed by atoms with Gasteiger partial charge in [0.25, 0.3) is 0 Å². The summed E-state index contributed by atoms with van der Waals surface area (Å²) in [4.78, 5) is 0. The Balaban J connectivity index is 2.32. The summed E-state index contributed by atoms with van der Waals surface area (Å²) >= 11 is 0. The van der Waals surface area contributed by atoms with E-state index in [0.29, 0.717) is 12.0 Å². The maximum atomic E-state index is 5.36. The zero-order valence-electron chi connectivity index (χ0n) is 12.9. The lowest BCUT2D eigenvalue weighted by Crippen LogP contribution is -2.29. The van der Waals surface area contributed by atoms with E-state index in [2.05, 4.69) is 56.5 Å². The molecule has 1 atom stereocenters. The first-order valence-corrected chi connectivity index (χ1v) is 7.37. The predicted molar refractivity (Wildman–Crippen MR) is 86.5 cm³/mol. The van der Waals surface area contributed by atoms with E-state index in [4.69, 9.17) is 4.74 Å². The Morgan fingerprint density at radius 2 is 1.95 bits per heavy atom. The van der Waals surface area contributed by atoms with Gasteiger partial charge in [-0.15, -0.1) is 0 Å². The zero-order valence-corrected chi connectivity index (χ0v) is 12.9. The third-order valence-corrected chi connectivity index (χ3v) is 3.81. The van der Waals surface area contributed by atoms with Gasteiger partial charge in [0, 0.05) is 6.04 Å². The van der Waals surface area contributed by atoms with Crippen LogP contribution in [0.4, 0.5) is 0 Å². The number of hydrogen-bond acceptors (Lipinski definition) is 2. The Labute approximate surface area is 122 Å². The molecule has 0 saturated carbocycles. The molecular formula is C18H25NO. The first kappa shape index (κ1) is 14.9. The number of hydrogen-bond donors (Lipinski definition) is 1. The smallest absolute Gasteiger partial charge is 0.119 e. The lowest BCUT2D eigenvalue weighted by atomic mass is 9.94. The standard InChI is InChI=1S/C18H25NO/c1-13(2)10-16(19-3)11-15-7-5-6-14-8-9-17(20-4)12-18(14)15/h5-9,12-13,16,19H,10-11H2,1-4H3. The molecule has 2 heteroatoms. The van der Waals surface area contributed by atoms with Gasteiger partial charge in [-0.05, 0) is 54.3 Å². The molecular weight excluding hydrogens is 246 g/mol. The van der Waals surface area contributed by atoms with Crippen LogP contribution >= 0.6 is 0 Å². The van der Waals surface area contributed by atoms with Gasteiger partial charge in [0.05, 0.1) is 7.11 Å². The SMILES string of the molecule is CNC(Cc1cccc2ccc(OC)cc12)CC(C)C. The van der Waals surface area contributed by atoms with Crippen molar-refractivity contribution in [3.05, 3.63) is 42.0 Å². The van der Waals surface area contributed by atoms with Crippen LogP contribution in [0, 0.1) is 5.92 Å². The number of methoxy groups -OCH3 is 1. The van der Waals surface area contributed by atoms with Gasteiger partial charge in [-0.2, -0.15) is 0 Å². The van der Waals surface area contributed by atoms with Gasteiger partial charge in [-0.1, -0.05) is 38.1 Å². The predicted octanol–water partition coefficient (Wildman–Crippen LogP) is 4.03. The van der Waals surface area contributed by atoms with Gasteiger partial charge < -0.3 is 10.1 Å². The van der Waals surface area contributed by atoms with Crippen LogP contribution in [0.1, 0.15) is 25.8 Å². The van der Waals surface area contributed by atoms with Gasteiger partial charge >= 0.3 is 0 Å². The number of nitrogens with one attached hydrogen (secondary N) is 1. The Bertz CT molecular complexity index is 562. The summed E-state index contributed by atoms with van der Waals surface area (Å²) in [6, 6.07) is 13.4. The minimum absolute atomic E-state index is 0.520. The highest BCUT2D eigenvalue weighted by molar-refractivity contribution is 5.87. The summed E-state index contributed by atoms with van der Waals surface area (Å²) in [7, 11) is 3.78. The second-order valence-corrected chi connectivity index (χ2v) is 5.82. The van der Waals surface area contributed by atoms with Crippen LogP contribution in [0.25, 0.3) is 10.8 Å². The average molecular weight is 271 g/mol. The first-order chi connectivity index (χ1) is 9.63. The van der Waals surface area contributed by atoms with Crippen molar-refractivity contribution in [2.75, 3.05) is 14.2 Å². The fourth-order valence-corrected chi connectivity index (χ4v) is 2.76. The molecule has 0 spiro atoms. The van der Waals surface area contributed by atoms with Crippen LogP contribution in [0.5, 0.6) is 5.75 Å². The molecule has 0 aliphatic rings. The molecule has 0 amide bonds. The van der Waals surface area contributed by atoms with Crippen LogP contribution in [-0.2, 0) is 6.42 Å². The highest BCUT2D eigenvalue weighted by Gasteiger charge is 2.11. The minimum atomic E-state index is 0.520. The van der Waals surface area contributed by atoms with Crippen molar-refractivity contribution < 1.29 is 4.74 Å². The molecule has 0 saturated heterocycles. The van der Waals surface area contributed by atoms with Crippen molar-refractivity contribution in [3.8, 4) is 5.75 Å². The van der Waals surface area contributed by atoms with E-state index in [1.165, 1.54) is 22.8 Å². The number of fused-ring (bicyclic) bond motifs is 1. The van der Waals surface area contributed by atoms with Crippen LogP contribution in [0.3, 0.4) is 0 Å². The Hall–Kier alpha value is -1.54. The summed E-state index contributed by atoms with van der Waals surface area (Å²) in [5, 5.41) is 6.03. The van der Waals surface area contributed by atoms with Gasteiger partial charge in [-0.3, -0.25) is 0 Å². The second-order valence-electron chi connectivity index (χ2n) is 5.82. The molecule has 1 N–H and O–H groups in total. The van der Waals surface area contributed by atoms with Crippen molar-refractivity contribution in [2.24, 2.45) is 5.92 Å². The maximum Gasteiger partial charge on any atom is 0.119 e. The van der Waals surface area contributed by atoms with E-state index < -0.39 is 0 Å². The van der Waals surface area contributed by atoms with Crippen LogP contribution < -0.4 is 10.1 Å². The second kappa shape index (κ2) is 6.76. The topological polar surface area (TPSA) is 21.3 Å². The quantitative estimate of drug-likeness (QED) is 0.856. The van der Waals surface area contributed by atoms with Gasteiger partial charge in [0.2, 0.25) is 0 Å². The summed E-state index contributed by atoms with van der Waals surface area (Å²) < 4.78 is 5.36. The van der Waals surface area contributed by atoms with Crippen LogP contribution in [0.2, 0.25) is 0 Å². The number of rotatable bonds is 6. The van der Waals surface area contributed by atoms with Crippen molar-refractivity contribution in [1.82, 2.24) is 5.32 Å². The molecule has 108 valence electrons. The molecule has 0 fully saturated rings. The summed E-state index contributed by atoms with van der Waals surface area (Å²) in [5.74, 6) is 1.63. The van der Waals surface area contributed by atoms with E-state index in [0.717, 1.165) is 12.2 Å². The van der Waals surface area contributed by atoms with Gasteiger partial charge in [0.1, 0.15) is 5.75 Å². The number of ether oxygens (including phenoxy) is 1.